The number of rotatable bonds is 9. The van der Waals surface area contributed by atoms with Gasteiger partial charge >= 0.3 is 5.97 Å². The highest BCUT2D eigenvalue weighted by Crippen LogP contribution is 2.35. The molecule has 1 aromatic heterocycles. The minimum absolute atomic E-state index is 0.0140. The maximum atomic E-state index is 11.7. The van der Waals surface area contributed by atoms with Crippen molar-refractivity contribution in [1.82, 2.24) is 10.3 Å². The fourth-order valence-electron chi connectivity index (χ4n) is 4.42. The quantitative estimate of drug-likeness (QED) is 0.291. The molecule has 188 valence electrons. The van der Waals surface area contributed by atoms with Crippen molar-refractivity contribution in [2.75, 3.05) is 13.1 Å². The maximum absolute atomic E-state index is 11.7. The third-order valence-corrected chi connectivity index (χ3v) is 6.39. The van der Waals surface area contributed by atoms with Crippen LogP contribution < -0.4 is 14.8 Å². The number of aryl methyl sites for hydroxylation is 1. The van der Waals surface area contributed by atoms with Crippen LogP contribution in [-0.4, -0.2) is 40.4 Å². The van der Waals surface area contributed by atoms with E-state index in [2.05, 4.69) is 16.4 Å². The number of aliphatic hydroxyl groups excluding tert-OH is 1. The molecule has 5 rings (SSSR count). The van der Waals surface area contributed by atoms with E-state index in [9.17, 15) is 15.0 Å². The lowest BCUT2D eigenvalue weighted by molar-refractivity contribution is 0.0694. The zero-order chi connectivity index (χ0) is 25.6. The topological polar surface area (TPSA) is 101 Å². The molecule has 0 aliphatic carbocycles. The number of nitrogens with zero attached hydrogens (tertiary/aromatic N) is 1. The van der Waals surface area contributed by atoms with Gasteiger partial charge in [-0.15, -0.1) is 0 Å². The summed E-state index contributed by atoms with van der Waals surface area (Å²) in [6.45, 7) is 1.06. The molecule has 0 bridgehead atoms. The van der Waals surface area contributed by atoms with Crippen molar-refractivity contribution >= 4 is 5.97 Å². The van der Waals surface area contributed by atoms with E-state index in [-0.39, 0.29) is 11.7 Å². The molecular formula is C30H28N2O5. The summed E-state index contributed by atoms with van der Waals surface area (Å²) in [6, 6.07) is 24.0. The van der Waals surface area contributed by atoms with Gasteiger partial charge in [0.15, 0.2) is 0 Å². The van der Waals surface area contributed by atoms with Crippen LogP contribution in [0.15, 0.2) is 91.3 Å². The first-order valence-corrected chi connectivity index (χ1v) is 12.3. The van der Waals surface area contributed by atoms with Gasteiger partial charge in [0.25, 0.3) is 0 Å². The number of pyridine rings is 1. The van der Waals surface area contributed by atoms with E-state index < -0.39 is 12.1 Å². The summed E-state index contributed by atoms with van der Waals surface area (Å²) in [5, 5.41) is 23.2. The molecule has 0 spiro atoms. The van der Waals surface area contributed by atoms with Gasteiger partial charge in [-0.25, -0.2) is 4.79 Å². The lowest BCUT2D eigenvalue weighted by Gasteiger charge is -2.27. The number of hydrogen-bond acceptors (Lipinski definition) is 6. The third-order valence-electron chi connectivity index (χ3n) is 6.39. The first-order valence-electron chi connectivity index (χ1n) is 12.3. The van der Waals surface area contributed by atoms with Crippen LogP contribution in [0, 0.1) is 0 Å². The van der Waals surface area contributed by atoms with Crippen LogP contribution in [0.5, 0.6) is 17.2 Å². The molecule has 0 unspecified atom stereocenters. The number of carboxylic acids is 1. The van der Waals surface area contributed by atoms with Crippen LogP contribution in [0.2, 0.25) is 0 Å². The molecular weight excluding hydrogens is 468 g/mol. The van der Waals surface area contributed by atoms with Gasteiger partial charge < -0.3 is 25.0 Å². The second-order valence-corrected chi connectivity index (χ2v) is 8.99. The number of fused-ring (bicyclic) bond motifs is 1. The van der Waals surface area contributed by atoms with Gasteiger partial charge in [-0.1, -0.05) is 36.4 Å². The number of nitrogens with one attached hydrogen (secondary N) is 1. The molecule has 0 amide bonds. The predicted molar refractivity (Wildman–Crippen MR) is 140 cm³/mol. The Hall–Kier alpha value is -4.20. The van der Waals surface area contributed by atoms with Crippen molar-refractivity contribution in [2.45, 2.75) is 25.0 Å². The number of ether oxygens (including phenoxy) is 2. The predicted octanol–water partition coefficient (Wildman–Crippen LogP) is 5.26. The number of aromatic nitrogens is 1. The van der Waals surface area contributed by atoms with E-state index in [1.54, 1.807) is 42.7 Å². The second kappa shape index (κ2) is 11.2. The van der Waals surface area contributed by atoms with E-state index in [4.69, 9.17) is 9.47 Å². The van der Waals surface area contributed by atoms with Crippen LogP contribution >= 0.6 is 0 Å². The molecule has 4 aromatic rings. The zero-order valence-corrected chi connectivity index (χ0v) is 20.2. The Bertz CT molecular complexity index is 1360. The standard InChI is InChI=1S/C30H28N2O5/c33-27(23-5-4-14-31-17-23)19-32-18-25-11-8-22-15-20(10-13-28(22)37-25)21-9-12-26(30(34)35)29(16-21)36-24-6-2-1-3-7-24/h1-7,9-10,12-17,25,27,32-33H,8,11,18-19H2,(H,34,35)/t25-,27+/m1/s1. The van der Waals surface area contributed by atoms with Crippen molar-refractivity contribution in [3.63, 3.8) is 0 Å². The van der Waals surface area contributed by atoms with Crippen LogP contribution in [0.4, 0.5) is 0 Å². The highest BCUT2D eigenvalue weighted by atomic mass is 16.5. The number of hydrogen-bond donors (Lipinski definition) is 3. The summed E-state index contributed by atoms with van der Waals surface area (Å²) in [5.74, 6) is 0.680. The lowest BCUT2D eigenvalue weighted by atomic mass is 9.96. The van der Waals surface area contributed by atoms with Crippen LogP contribution in [0.1, 0.15) is 34.0 Å². The molecule has 2 atom stereocenters. The molecule has 7 nitrogen and oxygen atoms in total. The van der Waals surface area contributed by atoms with Crippen LogP contribution in [-0.2, 0) is 6.42 Å². The second-order valence-electron chi connectivity index (χ2n) is 8.99. The Morgan fingerprint density at radius 2 is 1.86 bits per heavy atom. The molecule has 0 radical (unpaired) electrons. The van der Waals surface area contributed by atoms with Gasteiger partial charge in [-0.3, -0.25) is 4.98 Å². The van der Waals surface area contributed by atoms with Crippen molar-refractivity contribution in [2.24, 2.45) is 0 Å². The molecule has 0 saturated heterocycles. The van der Waals surface area contributed by atoms with Gasteiger partial charge in [-0.2, -0.15) is 0 Å². The fraction of sp³-hybridized carbons (Fsp3) is 0.200. The van der Waals surface area contributed by atoms with Crippen molar-refractivity contribution in [3.05, 3.63) is 108 Å². The van der Waals surface area contributed by atoms with E-state index in [1.165, 1.54) is 0 Å². The summed E-state index contributed by atoms with van der Waals surface area (Å²) < 4.78 is 12.1. The number of benzene rings is 3. The number of carbonyl (C=O) groups is 1. The summed E-state index contributed by atoms with van der Waals surface area (Å²) in [6.07, 6.45) is 4.47. The number of para-hydroxylation sites is 1. The Balaban J connectivity index is 1.25. The number of aromatic carboxylic acids is 1. The molecule has 7 heteroatoms. The normalized spacial score (nSPS) is 15.3. The molecule has 0 fully saturated rings. The molecule has 2 heterocycles. The molecule has 1 aliphatic heterocycles. The molecule has 0 saturated carbocycles. The molecule has 37 heavy (non-hydrogen) atoms. The van der Waals surface area contributed by atoms with E-state index in [1.807, 2.05) is 42.5 Å². The average Bonchev–Trinajstić information content (AvgIpc) is 2.93. The monoisotopic (exact) mass is 496 g/mol. The van der Waals surface area contributed by atoms with E-state index in [0.717, 1.165) is 40.8 Å². The average molecular weight is 497 g/mol. The van der Waals surface area contributed by atoms with Gasteiger partial charge in [0, 0.05) is 31.0 Å². The van der Waals surface area contributed by atoms with Crippen molar-refractivity contribution in [1.29, 1.82) is 0 Å². The smallest absolute Gasteiger partial charge is 0.339 e. The van der Waals surface area contributed by atoms with Crippen molar-refractivity contribution < 1.29 is 24.5 Å². The summed E-state index contributed by atoms with van der Waals surface area (Å²) >= 11 is 0. The van der Waals surface area contributed by atoms with Crippen LogP contribution in [0.25, 0.3) is 11.1 Å². The molecule has 1 aliphatic rings. The third kappa shape index (κ3) is 5.97. The van der Waals surface area contributed by atoms with E-state index >= 15 is 0 Å². The Kier molecular flexibility index (Phi) is 7.44. The highest BCUT2D eigenvalue weighted by molar-refractivity contribution is 5.92. The summed E-state index contributed by atoms with van der Waals surface area (Å²) in [7, 11) is 0. The van der Waals surface area contributed by atoms with E-state index in [0.29, 0.717) is 24.6 Å². The highest BCUT2D eigenvalue weighted by Gasteiger charge is 2.21. The van der Waals surface area contributed by atoms with Gasteiger partial charge in [0.05, 0.1) is 6.10 Å². The number of aliphatic hydroxyl groups is 1. The zero-order valence-electron chi connectivity index (χ0n) is 20.2. The SMILES string of the molecule is O=C(O)c1ccc(-c2ccc3c(c2)CC[C@H](CNC[C@H](O)c2cccnc2)O3)cc1Oc1ccccc1. The Morgan fingerprint density at radius 1 is 1.05 bits per heavy atom. The first-order chi connectivity index (χ1) is 18.1. The number of carboxylic acid groups (broad SMARTS) is 1. The van der Waals surface area contributed by atoms with Crippen LogP contribution in [0.3, 0.4) is 0 Å². The Labute approximate surface area is 215 Å². The molecule has 3 aromatic carbocycles. The van der Waals surface area contributed by atoms with Gasteiger partial charge in [-0.05, 0) is 72.0 Å². The lowest BCUT2D eigenvalue weighted by Crippen LogP contribution is -2.36. The molecule has 3 N–H and O–H groups in total. The summed E-state index contributed by atoms with van der Waals surface area (Å²) in [5.41, 5.74) is 3.83. The largest absolute Gasteiger partial charge is 0.489 e. The Morgan fingerprint density at radius 3 is 2.65 bits per heavy atom. The first kappa shape index (κ1) is 24.5. The summed E-state index contributed by atoms with van der Waals surface area (Å²) in [4.78, 5) is 15.8. The van der Waals surface area contributed by atoms with Gasteiger partial charge in [0.1, 0.15) is 28.9 Å². The van der Waals surface area contributed by atoms with Gasteiger partial charge in [0.2, 0.25) is 0 Å². The van der Waals surface area contributed by atoms with Crippen molar-refractivity contribution in [3.8, 4) is 28.4 Å². The minimum atomic E-state index is -1.04. The fourth-order valence-corrected chi connectivity index (χ4v) is 4.42. The maximum Gasteiger partial charge on any atom is 0.339 e. The minimum Gasteiger partial charge on any atom is -0.489 e.